The van der Waals surface area contributed by atoms with Gasteiger partial charge in [0.05, 0.1) is 11.6 Å². The number of aromatic nitrogens is 1. The molecule has 3 aromatic carbocycles. The number of benzene rings is 3. The van der Waals surface area contributed by atoms with Gasteiger partial charge in [-0.25, -0.2) is 4.98 Å². The summed E-state index contributed by atoms with van der Waals surface area (Å²) in [5.74, 6) is 1.21. The van der Waals surface area contributed by atoms with E-state index in [4.69, 9.17) is 9.47 Å². The first-order valence-electron chi connectivity index (χ1n) is 9.66. The molecule has 0 saturated carbocycles. The van der Waals surface area contributed by atoms with Gasteiger partial charge in [-0.2, -0.15) is 5.26 Å². The van der Waals surface area contributed by atoms with Gasteiger partial charge >= 0.3 is 0 Å². The number of hydrogen-bond donors (Lipinski definition) is 0. The number of hydrogen-bond acceptors (Lipinski definition) is 4. The van der Waals surface area contributed by atoms with Crippen molar-refractivity contribution < 1.29 is 9.47 Å². The van der Waals surface area contributed by atoms with E-state index in [-0.39, 0.29) is 0 Å². The fraction of sp³-hybridized carbons (Fsp3) is 0.0769. The van der Waals surface area contributed by atoms with E-state index in [1.54, 1.807) is 12.3 Å². The molecule has 0 unspecified atom stereocenters. The fourth-order valence-corrected chi connectivity index (χ4v) is 3.05. The summed E-state index contributed by atoms with van der Waals surface area (Å²) in [6.07, 6.45) is 1.72. The van der Waals surface area contributed by atoms with Gasteiger partial charge in [-0.3, -0.25) is 0 Å². The molecule has 146 valence electrons. The quantitative estimate of drug-likeness (QED) is 0.400. The monoisotopic (exact) mass is 392 g/mol. The van der Waals surface area contributed by atoms with E-state index >= 15 is 0 Å². The number of pyridine rings is 1. The molecule has 4 nitrogen and oxygen atoms in total. The number of nitrogens with zero attached hydrogens (tertiary/aromatic N) is 2. The van der Waals surface area contributed by atoms with E-state index in [0.717, 1.165) is 22.3 Å². The number of nitriles is 1. The lowest BCUT2D eigenvalue weighted by atomic mass is 10.0. The van der Waals surface area contributed by atoms with Crippen LogP contribution >= 0.6 is 0 Å². The van der Waals surface area contributed by atoms with Gasteiger partial charge in [0.2, 0.25) is 5.88 Å². The van der Waals surface area contributed by atoms with Crippen LogP contribution in [0, 0.1) is 11.3 Å². The summed E-state index contributed by atoms with van der Waals surface area (Å²) < 4.78 is 11.6. The summed E-state index contributed by atoms with van der Waals surface area (Å²) in [7, 11) is 0. The summed E-state index contributed by atoms with van der Waals surface area (Å²) in [6, 6.07) is 31.4. The lowest BCUT2D eigenvalue weighted by Crippen LogP contribution is -1.97. The zero-order valence-electron chi connectivity index (χ0n) is 16.4. The van der Waals surface area contributed by atoms with Crippen LogP contribution < -0.4 is 9.47 Å². The van der Waals surface area contributed by atoms with E-state index in [0.29, 0.717) is 30.4 Å². The first-order valence-corrected chi connectivity index (χ1v) is 9.66. The summed E-state index contributed by atoms with van der Waals surface area (Å²) in [5.41, 5.74) is 4.37. The van der Waals surface area contributed by atoms with Crippen molar-refractivity contribution in [3.8, 4) is 28.8 Å². The maximum Gasteiger partial charge on any atom is 0.213 e. The highest BCUT2D eigenvalue weighted by atomic mass is 16.5. The van der Waals surface area contributed by atoms with Crippen LogP contribution in [-0.2, 0) is 13.2 Å². The standard InChI is InChI=1S/C26H20N2O2/c27-16-23-15-24(29-18-20-7-3-1-4-8-20)12-13-25(23)22-11-14-26(28-17-22)30-19-21-9-5-2-6-10-21/h1-15,17H,18-19H2. The zero-order chi connectivity index (χ0) is 20.6. The van der Waals surface area contributed by atoms with E-state index in [1.807, 2.05) is 84.9 Å². The fourth-order valence-electron chi connectivity index (χ4n) is 3.05. The smallest absolute Gasteiger partial charge is 0.213 e. The van der Waals surface area contributed by atoms with Crippen LogP contribution in [0.25, 0.3) is 11.1 Å². The molecule has 1 heterocycles. The molecule has 4 aromatic rings. The third-order valence-electron chi connectivity index (χ3n) is 4.64. The van der Waals surface area contributed by atoms with Crippen LogP contribution in [0.3, 0.4) is 0 Å². The van der Waals surface area contributed by atoms with Gasteiger partial charge < -0.3 is 9.47 Å². The third kappa shape index (κ3) is 4.84. The predicted octanol–water partition coefficient (Wildman–Crippen LogP) is 5.78. The van der Waals surface area contributed by atoms with Crippen LogP contribution in [0.5, 0.6) is 11.6 Å². The van der Waals surface area contributed by atoms with Crippen LogP contribution in [-0.4, -0.2) is 4.98 Å². The van der Waals surface area contributed by atoms with Gasteiger partial charge in [-0.15, -0.1) is 0 Å². The van der Waals surface area contributed by atoms with E-state index in [1.165, 1.54) is 0 Å². The van der Waals surface area contributed by atoms with Crippen molar-refractivity contribution in [2.75, 3.05) is 0 Å². The van der Waals surface area contributed by atoms with Gasteiger partial charge in [0.15, 0.2) is 0 Å². The molecule has 0 bridgehead atoms. The number of ether oxygens (including phenoxy) is 2. The molecule has 0 radical (unpaired) electrons. The summed E-state index contributed by atoms with van der Waals surface area (Å²) in [6.45, 7) is 0.921. The maximum atomic E-state index is 9.60. The Morgan fingerprint density at radius 3 is 2.00 bits per heavy atom. The maximum absolute atomic E-state index is 9.60. The molecule has 0 saturated heterocycles. The van der Waals surface area contributed by atoms with E-state index < -0.39 is 0 Å². The molecule has 1 aromatic heterocycles. The predicted molar refractivity (Wildman–Crippen MR) is 116 cm³/mol. The van der Waals surface area contributed by atoms with Gasteiger partial charge in [-0.1, -0.05) is 60.7 Å². The second-order valence-corrected chi connectivity index (χ2v) is 6.75. The van der Waals surface area contributed by atoms with Gasteiger partial charge in [0, 0.05) is 23.4 Å². The highest BCUT2D eigenvalue weighted by molar-refractivity contribution is 5.71. The van der Waals surface area contributed by atoms with Crippen molar-refractivity contribution in [1.82, 2.24) is 4.98 Å². The molecule has 0 atom stereocenters. The lowest BCUT2D eigenvalue weighted by molar-refractivity contribution is 0.294. The Labute approximate surface area is 176 Å². The molecule has 4 heteroatoms. The highest BCUT2D eigenvalue weighted by Gasteiger charge is 2.08. The van der Waals surface area contributed by atoms with Crippen molar-refractivity contribution in [2.45, 2.75) is 13.2 Å². The minimum atomic E-state index is 0.458. The van der Waals surface area contributed by atoms with Gasteiger partial charge in [-0.05, 0) is 35.4 Å². The normalized spacial score (nSPS) is 10.2. The number of rotatable bonds is 7. The van der Waals surface area contributed by atoms with Crippen molar-refractivity contribution >= 4 is 0 Å². The topological polar surface area (TPSA) is 55.1 Å². The highest BCUT2D eigenvalue weighted by Crippen LogP contribution is 2.28. The van der Waals surface area contributed by atoms with Crippen LogP contribution in [0.15, 0.2) is 97.2 Å². The summed E-state index contributed by atoms with van der Waals surface area (Å²) >= 11 is 0. The van der Waals surface area contributed by atoms with Gasteiger partial charge in [0.1, 0.15) is 19.0 Å². The van der Waals surface area contributed by atoms with Crippen LogP contribution in [0.1, 0.15) is 16.7 Å². The van der Waals surface area contributed by atoms with Crippen molar-refractivity contribution in [3.05, 3.63) is 114 Å². The molecule has 0 spiro atoms. The molecule has 0 aliphatic rings. The largest absolute Gasteiger partial charge is 0.489 e. The molecule has 0 fully saturated rings. The lowest BCUT2D eigenvalue weighted by Gasteiger charge is -2.10. The van der Waals surface area contributed by atoms with Crippen molar-refractivity contribution in [1.29, 1.82) is 5.26 Å². The first kappa shape index (κ1) is 19.2. The van der Waals surface area contributed by atoms with Gasteiger partial charge in [0.25, 0.3) is 0 Å². The molecule has 0 N–H and O–H groups in total. The second kappa shape index (κ2) is 9.40. The Morgan fingerprint density at radius 1 is 0.733 bits per heavy atom. The molecule has 30 heavy (non-hydrogen) atoms. The van der Waals surface area contributed by atoms with E-state index in [9.17, 15) is 5.26 Å². The Bertz CT molecular complexity index is 1140. The summed E-state index contributed by atoms with van der Waals surface area (Å²) in [4.78, 5) is 4.38. The molecule has 4 rings (SSSR count). The molecular formula is C26H20N2O2. The van der Waals surface area contributed by atoms with Crippen molar-refractivity contribution in [3.63, 3.8) is 0 Å². The molecule has 0 aliphatic heterocycles. The minimum Gasteiger partial charge on any atom is -0.489 e. The Kier molecular flexibility index (Phi) is 6.02. The van der Waals surface area contributed by atoms with Crippen molar-refractivity contribution in [2.24, 2.45) is 0 Å². The Hall–Kier alpha value is -4.10. The summed E-state index contributed by atoms with van der Waals surface area (Å²) in [5, 5.41) is 9.60. The minimum absolute atomic E-state index is 0.458. The second-order valence-electron chi connectivity index (χ2n) is 6.75. The van der Waals surface area contributed by atoms with Crippen LogP contribution in [0.2, 0.25) is 0 Å². The SMILES string of the molecule is N#Cc1cc(OCc2ccccc2)ccc1-c1ccc(OCc2ccccc2)nc1. The average Bonchev–Trinajstić information content (AvgIpc) is 2.83. The average molecular weight is 392 g/mol. The zero-order valence-corrected chi connectivity index (χ0v) is 16.4. The Morgan fingerprint density at radius 2 is 1.40 bits per heavy atom. The third-order valence-corrected chi connectivity index (χ3v) is 4.64. The Balaban J connectivity index is 1.44. The molecule has 0 amide bonds. The molecule has 0 aliphatic carbocycles. The van der Waals surface area contributed by atoms with E-state index in [2.05, 4.69) is 11.1 Å². The first-order chi connectivity index (χ1) is 14.8. The molecular weight excluding hydrogens is 372 g/mol. The van der Waals surface area contributed by atoms with Crippen LogP contribution in [0.4, 0.5) is 0 Å².